The van der Waals surface area contributed by atoms with Gasteiger partial charge in [0.2, 0.25) is 0 Å². The number of hydrogen-bond acceptors (Lipinski definition) is 2. The molecule has 13 heavy (non-hydrogen) atoms. The highest BCUT2D eigenvalue weighted by Gasteiger charge is 2.08. The molecular weight excluding hydrogens is 230 g/mol. The molecule has 1 aromatic carbocycles. The first-order chi connectivity index (χ1) is 6.06. The molecule has 1 N–H and O–H groups in total. The van der Waals surface area contributed by atoms with Gasteiger partial charge in [0, 0.05) is 10.0 Å². The Kier molecular flexibility index (Phi) is 2.94. The third kappa shape index (κ3) is 2.02. The molecule has 0 aliphatic rings. The van der Waals surface area contributed by atoms with Crippen molar-refractivity contribution in [1.29, 1.82) is 5.26 Å². The van der Waals surface area contributed by atoms with Crippen molar-refractivity contribution in [2.24, 2.45) is 0 Å². The molecule has 0 amide bonds. The Labute approximate surface area is 85.9 Å². The fraction of sp³-hybridized carbons (Fsp3) is 0.300. The van der Waals surface area contributed by atoms with Crippen LogP contribution in [-0.4, -0.2) is 5.11 Å². The van der Waals surface area contributed by atoms with Crippen molar-refractivity contribution in [1.82, 2.24) is 0 Å². The Morgan fingerprint density at radius 1 is 1.54 bits per heavy atom. The summed E-state index contributed by atoms with van der Waals surface area (Å²) in [4.78, 5) is 0. The predicted octanol–water partition coefficient (Wildman–Crippen LogP) is 3.09. The number of nitriles is 1. The molecule has 0 saturated carbocycles. The average molecular weight is 240 g/mol. The van der Waals surface area contributed by atoms with E-state index in [0.29, 0.717) is 0 Å². The zero-order valence-electron chi connectivity index (χ0n) is 7.50. The molecule has 1 aromatic rings. The zero-order chi connectivity index (χ0) is 10.0. The minimum atomic E-state index is -0.192. The fourth-order valence-corrected chi connectivity index (χ4v) is 1.48. The molecule has 1 unspecified atom stereocenters. The first-order valence-corrected chi connectivity index (χ1v) is 4.74. The summed E-state index contributed by atoms with van der Waals surface area (Å²) in [6.45, 7) is 3.62. The minimum absolute atomic E-state index is 0.192. The Hall–Kier alpha value is -1.01. The maximum atomic E-state index is 9.49. The molecule has 68 valence electrons. The fourth-order valence-electron chi connectivity index (χ4n) is 1.01. The molecule has 0 fully saturated rings. The number of phenolic OH excluding ortho intramolecular Hbond substituents is 1. The molecule has 0 aliphatic carbocycles. The summed E-state index contributed by atoms with van der Waals surface area (Å²) in [5.41, 5.74) is 1.63. The highest BCUT2D eigenvalue weighted by molar-refractivity contribution is 9.10. The lowest BCUT2D eigenvalue weighted by molar-refractivity contribution is 0.469. The van der Waals surface area contributed by atoms with Crippen LogP contribution in [-0.2, 0) is 0 Å². The third-order valence-corrected chi connectivity index (χ3v) is 2.86. The number of rotatable bonds is 1. The van der Waals surface area contributed by atoms with Crippen LogP contribution in [0.1, 0.15) is 24.0 Å². The quantitative estimate of drug-likeness (QED) is 0.819. The average Bonchev–Trinajstić information content (AvgIpc) is 2.12. The highest BCUT2D eigenvalue weighted by atomic mass is 79.9. The molecule has 2 nitrogen and oxygen atoms in total. The van der Waals surface area contributed by atoms with Gasteiger partial charge in [0.05, 0.1) is 12.0 Å². The summed E-state index contributed by atoms with van der Waals surface area (Å²) in [5, 5.41) is 18.2. The lowest BCUT2D eigenvalue weighted by Gasteiger charge is -2.07. The second kappa shape index (κ2) is 3.80. The van der Waals surface area contributed by atoms with Gasteiger partial charge in [0.15, 0.2) is 0 Å². The van der Waals surface area contributed by atoms with Crippen molar-refractivity contribution in [2.75, 3.05) is 0 Å². The van der Waals surface area contributed by atoms with Gasteiger partial charge in [-0.2, -0.15) is 5.26 Å². The molecule has 1 rings (SSSR count). The number of phenols is 1. The molecule has 3 heteroatoms. The number of aromatic hydroxyl groups is 1. The standard InChI is InChI=1S/C10H10BrNO/c1-6(5-12)8-3-9(11)7(2)10(13)4-8/h3-4,6,13H,1-2H3. The van der Waals surface area contributed by atoms with Gasteiger partial charge in [-0.25, -0.2) is 0 Å². The largest absolute Gasteiger partial charge is 0.508 e. The Morgan fingerprint density at radius 2 is 2.15 bits per heavy atom. The first-order valence-electron chi connectivity index (χ1n) is 3.95. The predicted molar refractivity (Wildman–Crippen MR) is 54.6 cm³/mol. The van der Waals surface area contributed by atoms with E-state index in [4.69, 9.17) is 5.26 Å². The van der Waals surface area contributed by atoms with Gasteiger partial charge >= 0.3 is 0 Å². The van der Waals surface area contributed by atoms with Gasteiger partial charge in [-0.3, -0.25) is 0 Å². The Bertz CT molecular complexity index is 345. The molecule has 0 aromatic heterocycles. The van der Waals surface area contributed by atoms with Crippen LogP contribution in [0, 0.1) is 18.3 Å². The smallest absolute Gasteiger partial charge is 0.119 e. The van der Waals surface area contributed by atoms with Crippen LogP contribution in [0.5, 0.6) is 5.75 Å². The van der Waals surface area contributed by atoms with E-state index >= 15 is 0 Å². The van der Waals surface area contributed by atoms with Crippen molar-refractivity contribution < 1.29 is 5.11 Å². The summed E-state index contributed by atoms with van der Waals surface area (Å²) in [5.74, 6) is 0.0364. The molecular formula is C10H10BrNO. The molecule has 1 atom stereocenters. The number of benzene rings is 1. The van der Waals surface area contributed by atoms with Gasteiger partial charge < -0.3 is 5.11 Å². The second-order valence-corrected chi connectivity index (χ2v) is 3.85. The second-order valence-electron chi connectivity index (χ2n) is 3.00. The number of nitrogens with zero attached hydrogens (tertiary/aromatic N) is 1. The summed E-state index contributed by atoms with van der Waals surface area (Å²) in [6, 6.07) is 5.62. The van der Waals surface area contributed by atoms with Crippen molar-refractivity contribution in [3.8, 4) is 11.8 Å². The maximum absolute atomic E-state index is 9.49. The van der Waals surface area contributed by atoms with Gasteiger partial charge in [-0.05, 0) is 31.5 Å². The van der Waals surface area contributed by atoms with E-state index in [2.05, 4.69) is 22.0 Å². The van der Waals surface area contributed by atoms with Crippen molar-refractivity contribution in [2.45, 2.75) is 19.8 Å². The van der Waals surface area contributed by atoms with Crippen LogP contribution < -0.4 is 0 Å². The summed E-state index contributed by atoms with van der Waals surface area (Å²) in [6.07, 6.45) is 0. The SMILES string of the molecule is Cc1c(O)cc(C(C)C#N)cc1Br. The zero-order valence-corrected chi connectivity index (χ0v) is 9.09. The normalized spacial score (nSPS) is 12.2. The van der Waals surface area contributed by atoms with Crippen molar-refractivity contribution in [3.63, 3.8) is 0 Å². The topological polar surface area (TPSA) is 44.0 Å². The summed E-state index contributed by atoms with van der Waals surface area (Å²) in [7, 11) is 0. The van der Waals surface area contributed by atoms with Gasteiger partial charge in [0.1, 0.15) is 5.75 Å². The van der Waals surface area contributed by atoms with E-state index in [1.807, 2.05) is 13.0 Å². The maximum Gasteiger partial charge on any atom is 0.119 e. The minimum Gasteiger partial charge on any atom is -0.508 e. The van der Waals surface area contributed by atoms with Crippen LogP contribution in [0.3, 0.4) is 0 Å². The van der Waals surface area contributed by atoms with E-state index in [1.165, 1.54) is 0 Å². The van der Waals surface area contributed by atoms with Gasteiger partial charge in [0.25, 0.3) is 0 Å². The molecule has 0 bridgehead atoms. The van der Waals surface area contributed by atoms with Gasteiger partial charge in [-0.1, -0.05) is 15.9 Å². The Balaban J connectivity index is 3.22. The molecule has 0 radical (unpaired) electrons. The van der Waals surface area contributed by atoms with Gasteiger partial charge in [-0.15, -0.1) is 0 Å². The van der Waals surface area contributed by atoms with Crippen LogP contribution in [0.4, 0.5) is 0 Å². The van der Waals surface area contributed by atoms with E-state index in [9.17, 15) is 5.11 Å². The van der Waals surface area contributed by atoms with Crippen molar-refractivity contribution in [3.05, 3.63) is 27.7 Å². The highest BCUT2D eigenvalue weighted by Crippen LogP contribution is 2.29. The van der Waals surface area contributed by atoms with Crippen LogP contribution in [0.2, 0.25) is 0 Å². The lowest BCUT2D eigenvalue weighted by atomic mass is 10.0. The van der Waals surface area contributed by atoms with E-state index < -0.39 is 0 Å². The molecule has 0 aliphatic heterocycles. The van der Waals surface area contributed by atoms with E-state index in [-0.39, 0.29) is 11.7 Å². The lowest BCUT2D eigenvalue weighted by Crippen LogP contribution is -1.90. The number of hydrogen-bond donors (Lipinski definition) is 1. The molecule has 0 spiro atoms. The van der Waals surface area contributed by atoms with E-state index in [1.54, 1.807) is 13.0 Å². The summed E-state index contributed by atoms with van der Waals surface area (Å²) < 4.78 is 0.838. The molecule has 0 heterocycles. The van der Waals surface area contributed by atoms with Crippen LogP contribution in [0.15, 0.2) is 16.6 Å². The molecule has 0 saturated heterocycles. The first kappa shape index (κ1) is 10.1. The number of halogens is 1. The van der Waals surface area contributed by atoms with Crippen LogP contribution in [0.25, 0.3) is 0 Å². The summed E-state index contributed by atoms with van der Waals surface area (Å²) >= 11 is 3.32. The van der Waals surface area contributed by atoms with E-state index in [0.717, 1.165) is 15.6 Å². The third-order valence-electron chi connectivity index (χ3n) is 2.03. The monoisotopic (exact) mass is 239 g/mol. The Morgan fingerprint density at radius 3 is 2.62 bits per heavy atom. The van der Waals surface area contributed by atoms with Crippen LogP contribution >= 0.6 is 15.9 Å². The van der Waals surface area contributed by atoms with Crippen molar-refractivity contribution >= 4 is 15.9 Å².